The van der Waals surface area contributed by atoms with E-state index in [-0.39, 0.29) is 0 Å². The van der Waals surface area contributed by atoms with E-state index in [1.165, 1.54) is 0 Å². The van der Waals surface area contributed by atoms with Crippen molar-refractivity contribution in [1.82, 2.24) is 0 Å². The van der Waals surface area contributed by atoms with E-state index in [0.29, 0.717) is 33.3 Å². The van der Waals surface area contributed by atoms with Crippen molar-refractivity contribution >= 4 is 28.0 Å². The first kappa shape index (κ1) is 16.8. The molecule has 2 N–H and O–H groups in total. The number of hydrogen-bond acceptors (Lipinski definition) is 4. The van der Waals surface area contributed by atoms with Crippen LogP contribution < -0.4 is 10.5 Å². The average Bonchev–Trinajstić information content (AvgIpc) is 2.50. The molecule has 0 radical (unpaired) electrons. The highest BCUT2D eigenvalue weighted by atomic mass is 35.5. The number of hydrogen-bond donors (Lipinski definition) is 1. The molecule has 110 valence electrons. The zero-order chi connectivity index (χ0) is 15.8. The van der Waals surface area contributed by atoms with Crippen molar-refractivity contribution in [2.75, 3.05) is 19.9 Å². The summed E-state index contributed by atoms with van der Waals surface area (Å²) in [5.41, 5.74) is 7.78. The number of aliphatic imine (C=N–C) groups is 1. The molecule has 0 bridgehead atoms. The molecule has 0 spiro atoms. The highest BCUT2D eigenvalue weighted by Crippen LogP contribution is 2.29. The fourth-order valence-electron chi connectivity index (χ4n) is 1.73. The molecule has 1 aromatic rings. The summed E-state index contributed by atoms with van der Waals surface area (Å²) >= 11 is 6.36. The van der Waals surface area contributed by atoms with E-state index in [2.05, 4.69) is 11.1 Å². The number of halogens is 1. The van der Waals surface area contributed by atoms with Crippen molar-refractivity contribution < 1.29 is 4.74 Å². The van der Waals surface area contributed by atoms with Gasteiger partial charge < -0.3 is 10.5 Å². The van der Waals surface area contributed by atoms with E-state index < -0.39 is 0 Å². The number of anilines is 1. The highest BCUT2D eigenvalue weighted by Gasteiger charge is 2.12. The van der Waals surface area contributed by atoms with Gasteiger partial charge in [0.1, 0.15) is 11.8 Å². The molecular weight excluding hydrogens is 286 g/mol. The fourth-order valence-corrected chi connectivity index (χ4v) is 1.98. The standard InChI is InChI=1S/C16H18ClN3O/c1-4-5-6-15(20-2)14(10-18)16(17)11-7-12(19)9-13(8-11)21-3/h5-9H,4,19H2,1-3H3/b6-5-,16-14-,20-15?. The number of rotatable bonds is 5. The second kappa shape index (κ2) is 8.13. The third-order valence-electron chi connectivity index (χ3n) is 2.76. The molecule has 0 unspecified atom stereocenters. The van der Waals surface area contributed by atoms with Crippen LogP contribution in [0.5, 0.6) is 5.75 Å². The predicted molar refractivity (Wildman–Crippen MR) is 88.6 cm³/mol. The van der Waals surface area contributed by atoms with Crippen LogP contribution in [-0.2, 0) is 0 Å². The number of benzene rings is 1. The third kappa shape index (κ3) is 4.37. The molecule has 0 atom stereocenters. The zero-order valence-corrected chi connectivity index (χ0v) is 13.1. The van der Waals surface area contributed by atoms with Crippen LogP contribution in [0.3, 0.4) is 0 Å². The first-order chi connectivity index (χ1) is 10.1. The minimum atomic E-state index is 0.296. The van der Waals surface area contributed by atoms with Gasteiger partial charge in [0, 0.05) is 24.4 Å². The van der Waals surface area contributed by atoms with Crippen LogP contribution in [0.25, 0.3) is 5.03 Å². The van der Waals surface area contributed by atoms with Crippen LogP contribution >= 0.6 is 11.6 Å². The van der Waals surface area contributed by atoms with Crippen molar-refractivity contribution in [2.45, 2.75) is 13.3 Å². The van der Waals surface area contributed by atoms with E-state index >= 15 is 0 Å². The van der Waals surface area contributed by atoms with Crippen LogP contribution in [0.2, 0.25) is 0 Å². The highest BCUT2D eigenvalue weighted by molar-refractivity contribution is 6.52. The number of nitrogens with two attached hydrogens (primary N) is 1. The summed E-state index contributed by atoms with van der Waals surface area (Å²) in [4.78, 5) is 4.11. The van der Waals surface area contributed by atoms with Crippen LogP contribution in [0.1, 0.15) is 18.9 Å². The molecular formula is C16H18ClN3O. The smallest absolute Gasteiger partial charge is 0.121 e. The summed E-state index contributed by atoms with van der Waals surface area (Å²) in [7, 11) is 3.17. The largest absolute Gasteiger partial charge is 0.497 e. The molecule has 0 saturated heterocycles. The molecule has 0 heterocycles. The summed E-state index contributed by atoms with van der Waals surface area (Å²) < 4.78 is 5.16. The SMILES string of the molecule is CC/C=C\C(=NC)/C(C#N)=C(\Cl)c1cc(N)cc(OC)c1. The lowest BCUT2D eigenvalue weighted by Crippen LogP contribution is -2.00. The van der Waals surface area contributed by atoms with Gasteiger partial charge in [0.05, 0.1) is 23.4 Å². The van der Waals surface area contributed by atoms with E-state index in [9.17, 15) is 5.26 Å². The molecule has 5 heteroatoms. The van der Waals surface area contributed by atoms with Gasteiger partial charge in [0.15, 0.2) is 0 Å². The van der Waals surface area contributed by atoms with Gasteiger partial charge in [0.2, 0.25) is 0 Å². The lowest BCUT2D eigenvalue weighted by atomic mass is 10.1. The summed E-state index contributed by atoms with van der Waals surface area (Å²) in [6.45, 7) is 2.00. The minimum absolute atomic E-state index is 0.296. The van der Waals surface area contributed by atoms with Gasteiger partial charge in [-0.25, -0.2) is 0 Å². The maximum Gasteiger partial charge on any atom is 0.121 e. The van der Waals surface area contributed by atoms with Gasteiger partial charge in [-0.3, -0.25) is 4.99 Å². The van der Waals surface area contributed by atoms with Crippen molar-refractivity contribution in [2.24, 2.45) is 4.99 Å². The first-order valence-electron chi connectivity index (χ1n) is 6.45. The number of ether oxygens (including phenoxy) is 1. The molecule has 0 aliphatic carbocycles. The molecule has 1 aromatic carbocycles. The van der Waals surface area contributed by atoms with E-state index in [0.717, 1.165) is 6.42 Å². The molecule has 0 saturated carbocycles. The molecule has 0 aliphatic rings. The van der Waals surface area contributed by atoms with E-state index in [4.69, 9.17) is 22.1 Å². The number of nitriles is 1. The Kier molecular flexibility index (Phi) is 6.51. The number of methoxy groups -OCH3 is 1. The number of nitrogens with zero attached hydrogens (tertiary/aromatic N) is 2. The Balaban J connectivity index is 3.40. The maximum absolute atomic E-state index is 9.38. The summed E-state index contributed by atoms with van der Waals surface area (Å²) in [5.74, 6) is 0.583. The Morgan fingerprint density at radius 1 is 1.48 bits per heavy atom. The predicted octanol–water partition coefficient (Wildman–Crippen LogP) is 3.79. The topological polar surface area (TPSA) is 71.4 Å². The lowest BCUT2D eigenvalue weighted by molar-refractivity contribution is 0.415. The Labute approximate surface area is 130 Å². The summed E-state index contributed by atoms with van der Waals surface area (Å²) in [6.07, 6.45) is 4.55. The monoisotopic (exact) mass is 303 g/mol. The van der Waals surface area contributed by atoms with Gasteiger partial charge in [0.25, 0.3) is 0 Å². The number of allylic oxidation sites excluding steroid dienone is 3. The Morgan fingerprint density at radius 3 is 2.71 bits per heavy atom. The van der Waals surface area contributed by atoms with Crippen molar-refractivity contribution in [3.8, 4) is 11.8 Å². The zero-order valence-electron chi connectivity index (χ0n) is 12.4. The molecule has 4 nitrogen and oxygen atoms in total. The molecule has 0 amide bonds. The van der Waals surface area contributed by atoms with Crippen molar-refractivity contribution in [3.63, 3.8) is 0 Å². The van der Waals surface area contributed by atoms with Gasteiger partial charge in [-0.1, -0.05) is 24.6 Å². The summed E-state index contributed by atoms with van der Waals surface area (Å²) in [6, 6.07) is 7.21. The normalized spacial score (nSPS) is 13.0. The Hall–Kier alpha value is -2.25. The lowest BCUT2D eigenvalue weighted by Gasteiger charge is -2.08. The Bertz CT molecular complexity index is 639. The molecule has 21 heavy (non-hydrogen) atoms. The van der Waals surface area contributed by atoms with Gasteiger partial charge in [-0.2, -0.15) is 5.26 Å². The second-order valence-corrected chi connectivity index (χ2v) is 4.59. The third-order valence-corrected chi connectivity index (χ3v) is 3.16. The number of nitrogen functional groups attached to an aromatic ring is 1. The molecule has 0 fully saturated rings. The second-order valence-electron chi connectivity index (χ2n) is 4.22. The summed E-state index contributed by atoms with van der Waals surface area (Å²) in [5, 5.41) is 9.68. The van der Waals surface area contributed by atoms with Gasteiger partial charge in [-0.15, -0.1) is 0 Å². The minimum Gasteiger partial charge on any atom is -0.497 e. The van der Waals surface area contributed by atoms with E-state index in [1.54, 1.807) is 38.4 Å². The quantitative estimate of drug-likeness (QED) is 0.511. The first-order valence-corrected chi connectivity index (χ1v) is 6.83. The van der Waals surface area contributed by atoms with Crippen molar-refractivity contribution in [1.29, 1.82) is 5.26 Å². The molecule has 0 aromatic heterocycles. The van der Waals surface area contributed by atoms with Crippen molar-refractivity contribution in [3.05, 3.63) is 41.5 Å². The van der Waals surface area contributed by atoms with Crippen LogP contribution in [-0.4, -0.2) is 19.9 Å². The van der Waals surface area contributed by atoms with Crippen LogP contribution in [0.4, 0.5) is 5.69 Å². The Morgan fingerprint density at radius 2 is 2.19 bits per heavy atom. The van der Waals surface area contributed by atoms with Crippen LogP contribution in [0.15, 0.2) is 40.9 Å². The maximum atomic E-state index is 9.38. The molecule has 1 rings (SSSR count). The molecule has 0 aliphatic heterocycles. The van der Waals surface area contributed by atoms with E-state index in [1.807, 2.05) is 13.0 Å². The van der Waals surface area contributed by atoms with Crippen LogP contribution in [0, 0.1) is 11.3 Å². The average molecular weight is 304 g/mol. The fraction of sp³-hybridized carbons (Fsp3) is 0.250. The van der Waals surface area contributed by atoms with Gasteiger partial charge >= 0.3 is 0 Å². The van der Waals surface area contributed by atoms with Gasteiger partial charge in [-0.05, 0) is 24.6 Å².